The zero-order valence-electron chi connectivity index (χ0n) is 26.6. The van der Waals surface area contributed by atoms with Gasteiger partial charge in [0.2, 0.25) is 0 Å². The number of hydrogen-bond acceptors (Lipinski definition) is 7. The van der Waals surface area contributed by atoms with E-state index < -0.39 is 6.03 Å². The van der Waals surface area contributed by atoms with Crippen LogP contribution in [0.5, 0.6) is 5.75 Å². The van der Waals surface area contributed by atoms with Gasteiger partial charge >= 0.3 is 6.03 Å². The third-order valence-electron chi connectivity index (χ3n) is 7.87. The highest BCUT2D eigenvalue weighted by Crippen LogP contribution is 2.38. The Hall–Kier alpha value is -4.80. The van der Waals surface area contributed by atoms with Gasteiger partial charge in [0, 0.05) is 40.4 Å². The molecular formula is C33H43N9O2. The van der Waals surface area contributed by atoms with Gasteiger partial charge in [-0.2, -0.15) is 14.9 Å². The van der Waals surface area contributed by atoms with Gasteiger partial charge in [0.1, 0.15) is 23.7 Å². The highest BCUT2D eigenvalue weighted by atomic mass is 16.5. The average molecular weight is 598 g/mol. The van der Waals surface area contributed by atoms with Crippen molar-refractivity contribution in [3.05, 3.63) is 72.3 Å². The predicted octanol–water partition coefficient (Wildman–Crippen LogP) is 6.65. The molecule has 0 unspecified atom stereocenters. The number of aromatic amines is 1. The lowest BCUT2D eigenvalue weighted by Gasteiger charge is -2.34. The second kappa shape index (κ2) is 11.4. The monoisotopic (exact) mass is 597 g/mol. The van der Waals surface area contributed by atoms with Crippen molar-refractivity contribution in [3.8, 4) is 11.4 Å². The van der Waals surface area contributed by atoms with Gasteiger partial charge in [-0.1, -0.05) is 48.5 Å². The lowest BCUT2D eigenvalue weighted by Crippen LogP contribution is -2.28. The van der Waals surface area contributed by atoms with Gasteiger partial charge in [-0.3, -0.25) is 9.67 Å². The maximum Gasteiger partial charge on any atom is 0.348 e. The number of rotatable bonds is 9. The number of aromatic nitrogens is 6. The van der Waals surface area contributed by atoms with E-state index in [2.05, 4.69) is 53.3 Å². The van der Waals surface area contributed by atoms with Crippen LogP contribution in [0.15, 0.2) is 60.9 Å². The summed E-state index contributed by atoms with van der Waals surface area (Å²) in [6.45, 7) is 15.6. The van der Waals surface area contributed by atoms with Gasteiger partial charge in [0.15, 0.2) is 0 Å². The Labute approximate surface area is 258 Å². The van der Waals surface area contributed by atoms with Crippen LogP contribution in [-0.4, -0.2) is 42.2 Å². The topological polar surface area (TPSA) is 155 Å². The maximum absolute atomic E-state index is 12.8. The van der Waals surface area contributed by atoms with Crippen LogP contribution < -0.4 is 21.5 Å². The van der Waals surface area contributed by atoms with E-state index in [0.29, 0.717) is 23.9 Å². The molecule has 3 heterocycles. The zero-order chi connectivity index (χ0) is 31.9. The molecule has 0 aliphatic heterocycles. The summed E-state index contributed by atoms with van der Waals surface area (Å²) in [4.78, 5) is 17.4. The largest absolute Gasteiger partial charge is 0.493 e. The molecule has 5 rings (SSSR count). The molecule has 11 heteroatoms. The minimum absolute atomic E-state index is 0.0366. The molecule has 0 fully saturated rings. The summed E-state index contributed by atoms with van der Waals surface area (Å²) in [6, 6.07) is 16.7. The fraction of sp³-hybridized carbons (Fsp3) is 0.394. The molecule has 0 aliphatic carbocycles. The Kier molecular flexibility index (Phi) is 7.92. The van der Waals surface area contributed by atoms with Gasteiger partial charge in [0.05, 0.1) is 29.0 Å². The van der Waals surface area contributed by atoms with E-state index in [1.54, 1.807) is 12.4 Å². The minimum atomic E-state index is -0.415. The number of nitrogens with one attached hydrogen (secondary N) is 2. The van der Waals surface area contributed by atoms with E-state index in [1.807, 2.05) is 73.9 Å². The quantitative estimate of drug-likeness (QED) is 0.148. The fourth-order valence-electron chi connectivity index (χ4n) is 5.60. The molecule has 0 aliphatic rings. The number of carbonyl (C=O) groups excluding carboxylic acids is 1. The number of benzene rings is 2. The van der Waals surface area contributed by atoms with E-state index in [-0.39, 0.29) is 16.2 Å². The van der Waals surface area contributed by atoms with Crippen LogP contribution >= 0.6 is 0 Å². The summed E-state index contributed by atoms with van der Waals surface area (Å²) in [5, 5.41) is 14.5. The number of amides is 1. The lowest BCUT2D eigenvalue weighted by atomic mass is 9.72. The number of hydrogen-bond donors (Lipinski definition) is 4. The van der Waals surface area contributed by atoms with Crippen molar-refractivity contribution in [1.82, 2.24) is 29.5 Å². The van der Waals surface area contributed by atoms with Crippen molar-refractivity contribution in [2.75, 3.05) is 23.4 Å². The lowest BCUT2D eigenvalue weighted by molar-refractivity contribution is 0.185. The number of ether oxygens (including phenoxy) is 1. The molecule has 0 saturated carbocycles. The number of nitrogen functional groups attached to an aromatic ring is 2. The maximum atomic E-state index is 12.8. The van der Waals surface area contributed by atoms with Crippen molar-refractivity contribution in [1.29, 1.82) is 0 Å². The summed E-state index contributed by atoms with van der Waals surface area (Å²) in [5.74, 6) is 1.66. The molecule has 2 aromatic carbocycles. The van der Waals surface area contributed by atoms with Crippen molar-refractivity contribution >= 4 is 34.4 Å². The molecule has 3 aromatic heterocycles. The van der Waals surface area contributed by atoms with Crippen molar-refractivity contribution in [2.45, 2.75) is 72.1 Å². The SMILES string of the molecule is CC(C)(CCOc1ccc2c(c1)ncn2-c1ccc(NC(=O)n2nc(C(C)(C)C)cc2N)cc1)CC(C)(C)c1cc(N)[nH]n1. The first kappa shape index (κ1) is 30.7. The molecule has 1 amide bonds. The minimum Gasteiger partial charge on any atom is -0.493 e. The van der Waals surface area contributed by atoms with E-state index in [0.717, 1.165) is 46.7 Å². The first-order chi connectivity index (χ1) is 20.6. The van der Waals surface area contributed by atoms with E-state index in [4.69, 9.17) is 16.2 Å². The Bertz CT molecular complexity index is 1770. The van der Waals surface area contributed by atoms with Gasteiger partial charge < -0.3 is 21.5 Å². The van der Waals surface area contributed by atoms with Crippen molar-refractivity contribution < 1.29 is 9.53 Å². The van der Waals surface area contributed by atoms with Crippen LogP contribution in [0.3, 0.4) is 0 Å². The summed E-state index contributed by atoms with van der Waals surface area (Å²) in [6.07, 6.45) is 3.61. The molecule has 0 bridgehead atoms. The molecule has 232 valence electrons. The Morgan fingerprint density at radius 1 is 0.955 bits per heavy atom. The molecule has 44 heavy (non-hydrogen) atoms. The number of nitrogens with zero attached hydrogens (tertiary/aromatic N) is 5. The third kappa shape index (κ3) is 6.72. The molecule has 5 aromatic rings. The second-order valence-corrected chi connectivity index (χ2v) is 13.9. The normalized spacial score (nSPS) is 12.5. The Morgan fingerprint density at radius 2 is 1.68 bits per heavy atom. The Morgan fingerprint density at radius 3 is 2.32 bits per heavy atom. The first-order valence-corrected chi connectivity index (χ1v) is 14.8. The van der Waals surface area contributed by atoms with Crippen LogP contribution in [0, 0.1) is 5.41 Å². The number of H-pyrrole nitrogens is 1. The van der Waals surface area contributed by atoms with Gasteiger partial charge in [-0.25, -0.2) is 9.78 Å². The molecular weight excluding hydrogens is 554 g/mol. The Balaban J connectivity index is 1.20. The van der Waals surface area contributed by atoms with Gasteiger partial charge in [-0.15, -0.1) is 0 Å². The third-order valence-corrected chi connectivity index (χ3v) is 7.87. The summed E-state index contributed by atoms with van der Waals surface area (Å²) in [5.41, 5.74) is 16.7. The molecule has 6 N–H and O–H groups in total. The van der Waals surface area contributed by atoms with Crippen LogP contribution in [0.4, 0.5) is 22.1 Å². The standard InChI is InChI=1S/C33H43N9O2/c1-31(2,3)26-18-29(35)42(40-26)30(43)37-21-8-10-22(11-9-21)41-20-36-24-16-23(12-13-25(24)41)44-15-14-32(4,5)19-33(6,7)27-17-28(34)39-38-27/h8-13,16-18,20H,14-15,19,35H2,1-7H3,(H,37,43)(H3,34,38,39). The van der Waals surface area contributed by atoms with Gasteiger partial charge in [-0.05, 0) is 54.7 Å². The smallest absolute Gasteiger partial charge is 0.348 e. The van der Waals surface area contributed by atoms with Crippen LogP contribution in [0.25, 0.3) is 16.7 Å². The van der Waals surface area contributed by atoms with Crippen LogP contribution in [0.1, 0.15) is 72.7 Å². The van der Waals surface area contributed by atoms with E-state index in [9.17, 15) is 4.79 Å². The molecule has 11 nitrogen and oxygen atoms in total. The predicted molar refractivity (Wildman–Crippen MR) is 175 cm³/mol. The molecule has 0 radical (unpaired) electrons. The number of fused-ring (bicyclic) bond motifs is 1. The highest BCUT2D eigenvalue weighted by Gasteiger charge is 2.32. The summed E-state index contributed by atoms with van der Waals surface area (Å²) in [7, 11) is 0. The molecule has 0 spiro atoms. The molecule has 0 atom stereocenters. The summed E-state index contributed by atoms with van der Waals surface area (Å²) < 4.78 is 9.35. The van der Waals surface area contributed by atoms with Crippen molar-refractivity contribution in [2.24, 2.45) is 5.41 Å². The van der Waals surface area contributed by atoms with Gasteiger partial charge in [0.25, 0.3) is 0 Å². The number of carbonyl (C=O) groups is 1. The average Bonchev–Trinajstić information content (AvgIpc) is 3.66. The van der Waals surface area contributed by atoms with E-state index in [1.165, 1.54) is 4.68 Å². The number of imidazole rings is 1. The van der Waals surface area contributed by atoms with Crippen molar-refractivity contribution in [3.63, 3.8) is 0 Å². The highest BCUT2D eigenvalue weighted by molar-refractivity contribution is 5.92. The van der Waals surface area contributed by atoms with E-state index >= 15 is 0 Å². The number of nitrogens with two attached hydrogens (primary N) is 2. The van der Waals surface area contributed by atoms with Crippen LogP contribution in [0.2, 0.25) is 0 Å². The second-order valence-electron chi connectivity index (χ2n) is 13.9. The number of anilines is 3. The molecule has 0 saturated heterocycles. The fourth-order valence-corrected chi connectivity index (χ4v) is 5.60. The summed E-state index contributed by atoms with van der Waals surface area (Å²) >= 11 is 0. The van der Waals surface area contributed by atoms with Crippen LogP contribution in [-0.2, 0) is 10.8 Å². The zero-order valence-corrected chi connectivity index (χ0v) is 26.6. The first-order valence-electron chi connectivity index (χ1n) is 14.8.